The van der Waals surface area contributed by atoms with Crippen molar-refractivity contribution in [2.45, 2.75) is 18.9 Å². The summed E-state index contributed by atoms with van der Waals surface area (Å²) < 4.78 is 0. The van der Waals surface area contributed by atoms with Crippen LogP contribution in [-0.4, -0.2) is 6.54 Å². The van der Waals surface area contributed by atoms with E-state index in [4.69, 9.17) is 0 Å². The minimum Gasteiger partial charge on any atom is -0.309 e. The Kier molecular flexibility index (Phi) is 3.21. The van der Waals surface area contributed by atoms with E-state index in [1.807, 2.05) is 0 Å². The molecule has 0 fully saturated rings. The van der Waals surface area contributed by atoms with Gasteiger partial charge in [0.15, 0.2) is 0 Å². The second-order valence-electron chi connectivity index (χ2n) is 5.80. The molecule has 0 aliphatic carbocycles. The van der Waals surface area contributed by atoms with Gasteiger partial charge in [-0.3, -0.25) is 0 Å². The molecule has 1 N–H and O–H groups in total. The van der Waals surface area contributed by atoms with Crippen molar-refractivity contribution in [2.24, 2.45) is 0 Å². The second kappa shape index (κ2) is 5.34. The Balaban J connectivity index is 1.73. The molecule has 0 aromatic heterocycles. The molecule has 1 heteroatoms. The summed E-state index contributed by atoms with van der Waals surface area (Å²) in [7, 11) is 0. The molecule has 3 aromatic carbocycles. The smallest absolute Gasteiger partial charge is 0.0363 e. The van der Waals surface area contributed by atoms with Crippen LogP contribution in [0, 0.1) is 0 Å². The van der Waals surface area contributed by atoms with Crippen LogP contribution in [0.1, 0.15) is 22.7 Å². The van der Waals surface area contributed by atoms with Gasteiger partial charge in [0.25, 0.3) is 0 Å². The van der Waals surface area contributed by atoms with Gasteiger partial charge in [-0.25, -0.2) is 0 Å². The Morgan fingerprint density at radius 3 is 2.67 bits per heavy atom. The predicted molar refractivity (Wildman–Crippen MR) is 88.5 cm³/mol. The first-order valence-corrected chi connectivity index (χ1v) is 7.69. The summed E-state index contributed by atoms with van der Waals surface area (Å²) >= 11 is 0. The molecule has 21 heavy (non-hydrogen) atoms. The highest BCUT2D eigenvalue weighted by Crippen LogP contribution is 2.28. The minimum atomic E-state index is 0.431. The number of rotatable bonds is 2. The molecule has 0 unspecified atom stereocenters. The fourth-order valence-electron chi connectivity index (χ4n) is 3.47. The molecule has 3 aromatic rings. The van der Waals surface area contributed by atoms with Gasteiger partial charge in [-0.2, -0.15) is 0 Å². The third-order valence-electron chi connectivity index (χ3n) is 4.52. The maximum atomic E-state index is 3.69. The molecule has 1 atom stereocenters. The van der Waals surface area contributed by atoms with Crippen molar-refractivity contribution in [1.82, 2.24) is 5.32 Å². The third-order valence-corrected chi connectivity index (χ3v) is 4.52. The lowest BCUT2D eigenvalue weighted by molar-refractivity contribution is 0.504. The molecule has 0 spiro atoms. The molecule has 1 heterocycles. The summed E-state index contributed by atoms with van der Waals surface area (Å²) in [6, 6.07) is 24.6. The van der Waals surface area contributed by atoms with Gasteiger partial charge in [-0.15, -0.1) is 0 Å². The molecule has 1 aliphatic rings. The van der Waals surface area contributed by atoms with Crippen molar-refractivity contribution in [3.05, 3.63) is 83.4 Å². The summed E-state index contributed by atoms with van der Waals surface area (Å²) in [6.07, 6.45) is 2.20. The number of hydrogen-bond donors (Lipinski definition) is 1. The lowest BCUT2D eigenvalue weighted by Crippen LogP contribution is -2.31. The van der Waals surface area contributed by atoms with Crippen LogP contribution >= 0.6 is 0 Å². The van der Waals surface area contributed by atoms with Gasteiger partial charge in [0.05, 0.1) is 0 Å². The van der Waals surface area contributed by atoms with Crippen molar-refractivity contribution >= 4 is 10.8 Å². The van der Waals surface area contributed by atoms with Gasteiger partial charge in [0, 0.05) is 6.04 Å². The highest BCUT2D eigenvalue weighted by Gasteiger charge is 2.19. The second-order valence-corrected chi connectivity index (χ2v) is 5.80. The normalized spacial score (nSPS) is 17.6. The number of hydrogen-bond acceptors (Lipinski definition) is 1. The quantitative estimate of drug-likeness (QED) is 0.735. The largest absolute Gasteiger partial charge is 0.309 e. The molecule has 0 amide bonds. The van der Waals surface area contributed by atoms with E-state index < -0.39 is 0 Å². The molecule has 104 valence electrons. The summed E-state index contributed by atoms with van der Waals surface area (Å²) in [5.41, 5.74) is 4.40. The van der Waals surface area contributed by atoms with Gasteiger partial charge in [0.2, 0.25) is 0 Å². The number of benzene rings is 3. The standard InChI is InChI=1S/C20H19N/c1-3-10-18-15(6-1)8-5-9-17(18)14-20-19-11-4-2-7-16(19)12-13-21-20/h1-11,20-21H,12-14H2/t20-/m0/s1. The zero-order valence-electron chi connectivity index (χ0n) is 12.0. The summed E-state index contributed by atoms with van der Waals surface area (Å²) in [5.74, 6) is 0. The number of fused-ring (bicyclic) bond motifs is 2. The highest BCUT2D eigenvalue weighted by atomic mass is 14.9. The van der Waals surface area contributed by atoms with E-state index in [1.54, 1.807) is 0 Å². The van der Waals surface area contributed by atoms with Crippen LogP contribution in [0.5, 0.6) is 0 Å². The van der Waals surface area contributed by atoms with Crippen LogP contribution in [-0.2, 0) is 12.8 Å². The fourth-order valence-corrected chi connectivity index (χ4v) is 3.47. The first-order valence-electron chi connectivity index (χ1n) is 7.69. The topological polar surface area (TPSA) is 12.0 Å². The van der Waals surface area contributed by atoms with Crippen LogP contribution in [0.2, 0.25) is 0 Å². The highest BCUT2D eigenvalue weighted by molar-refractivity contribution is 5.85. The first kappa shape index (κ1) is 12.6. The first-order chi connectivity index (χ1) is 10.4. The van der Waals surface area contributed by atoms with Crippen molar-refractivity contribution in [2.75, 3.05) is 6.54 Å². The van der Waals surface area contributed by atoms with E-state index in [0.717, 1.165) is 19.4 Å². The third kappa shape index (κ3) is 2.34. The maximum absolute atomic E-state index is 3.69. The van der Waals surface area contributed by atoms with Crippen LogP contribution in [0.15, 0.2) is 66.7 Å². The zero-order chi connectivity index (χ0) is 14.1. The van der Waals surface area contributed by atoms with Crippen LogP contribution < -0.4 is 5.32 Å². The average Bonchev–Trinajstić information content (AvgIpc) is 2.56. The molecule has 1 aliphatic heterocycles. The van der Waals surface area contributed by atoms with Crippen molar-refractivity contribution < 1.29 is 0 Å². The molecule has 4 rings (SSSR count). The van der Waals surface area contributed by atoms with E-state index in [9.17, 15) is 0 Å². The van der Waals surface area contributed by atoms with Crippen LogP contribution in [0.4, 0.5) is 0 Å². The van der Waals surface area contributed by atoms with E-state index in [1.165, 1.54) is 27.5 Å². The Morgan fingerprint density at radius 1 is 0.857 bits per heavy atom. The maximum Gasteiger partial charge on any atom is 0.0363 e. The molecular formula is C20H19N. The molecule has 0 radical (unpaired) electrons. The van der Waals surface area contributed by atoms with E-state index in [2.05, 4.69) is 72.0 Å². The van der Waals surface area contributed by atoms with Crippen LogP contribution in [0.25, 0.3) is 10.8 Å². The van der Waals surface area contributed by atoms with E-state index in [0.29, 0.717) is 6.04 Å². The molecule has 0 bridgehead atoms. The average molecular weight is 273 g/mol. The van der Waals surface area contributed by atoms with Crippen molar-refractivity contribution in [3.63, 3.8) is 0 Å². The lowest BCUT2D eigenvalue weighted by atomic mass is 9.89. The van der Waals surface area contributed by atoms with Gasteiger partial charge in [-0.1, -0.05) is 66.7 Å². The summed E-state index contributed by atoms with van der Waals surface area (Å²) in [5, 5.41) is 6.40. The Bertz CT molecular complexity index is 770. The van der Waals surface area contributed by atoms with Crippen LogP contribution in [0.3, 0.4) is 0 Å². The Hall–Kier alpha value is -2.12. The van der Waals surface area contributed by atoms with Crippen molar-refractivity contribution in [3.8, 4) is 0 Å². The summed E-state index contributed by atoms with van der Waals surface area (Å²) in [6.45, 7) is 1.08. The lowest BCUT2D eigenvalue weighted by Gasteiger charge is -2.27. The molecule has 1 nitrogen and oxygen atoms in total. The molecule has 0 saturated heterocycles. The summed E-state index contributed by atoms with van der Waals surface area (Å²) in [4.78, 5) is 0. The van der Waals surface area contributed by atoms with Gasteiger partial charge < -0.3 is 5.32 Å². The predicted octanol–water partition coefficient (Wildman–Crippen LogP) is 4.27. The van der Waals surface area contributed by atoms with E-state index in [-0.39, 0.29) is 0 Å². The fraction of sp³-hybridized carbons (Fsp3) is 0.200. The SMILES string of the molecule is c1ccc2c(c1)CCN[C@H]2Cc1cccc2ccccc12. The van der Waals surface area contributed by atoms with Gasteiger partial charge in [-0.05, 0) is 46.8 Å². The number of nitrogens with one attached hydrogen (secondary N) is 1. The zero-order valence-corrected chi connectivity index (χ0v) is 12.0. The van der Waals surface area contributed by atoms with Gasteiger partial charge in [0.1, 0.15) is 0 Å². The van der Waals surface area contributed by atoms with Gasteiger partial charge >= 0.3 is 0 Å². The molecule has 0 saturated carbocycles. The van der Waals surface area contributed by atoms with E-state index >= 15 is 0 Å². The monoisotopic (exact) mass is 273 g/mol. The minimum absolute atomic E-state index is 0.431. The Labute approximate surface area is 125 Å². The molecular weight excluding hydrogens is 254 g/mol. The van der Waals surface area contributed by atoms with Crippen molar-refractivity contribution in [1.29, 1.82) is 0 Å². The Morgan fingerprint density at radius 2 is 1.67 bits per heavy atom.